The van der Waals surface area contributed by atoms with Gasteiger partial charge in [0.15, 0.2) is 0 Å². The van der Waals surface area contributed by atoms with Crippen LogP contribution in [0.15, 0.2) is 6.07 Å². The predicted molar refractivity (Wildman–Crippen MR) is 84.3 cm³/mol. The number of thiophene rings is 1. The number of nitrogens with zero attached hydrogens (tertiary/aromatic N) is 2. The van der Waals surface area contributed by atoms with E-state index in [0.717, 1.165) is 16.0 Å². The van der Waals surface area contributed by atoms with Crippen LogP contribution in [0.3, 0.4) is 0 Å². The summed E-state index contributed by atoms with van der Waals surface area (Å²) in [6.07, 6.45) is 0. The summed E-state index contributed by atoms with van der Waals surface area (Å²) in [6, 6.07) is 2.07. The molecule has 0 radical (unpaired) electrons. The lowest BCUT2D eigenvalue weighted by Crippen LogP contribution is -2.18. The number of hydrogen-bond acceptors (Lipinski definition) is 5. The summed E-state index contributed by atoms with van der Waals surface area (Å²) in [5.41, 5.74) is 0. The van der Waals surface area contributed by atoms with E-state index >= 15 is 0 Å². The van der Waals surface area contributed by atoms with Gasteiger partial charge in [0.2, 0.25) is 0 Å². The molecule has 0 amide bonds. The molecule has 2 atom stereocenters. The van der Waals surface area contributed by atoms with Gasteiger partial charge in [-0.15, -0.1) is 23.1 Å². The van der Waals surface area contributed by atoms with Crippen LogP contribution in [-0.2, 0) is 0 Å². The van der Waals surface area contributed by atoms with E-state index in [9.17, 15) is 0 Å². The molecular weight excluding hydrogens is 304 g/mol. The molecule has 6 heteroatoms. The zero-order chi connectivity index (χ0) is 12.7. The van der Waals surface area contributed by atoms with Crippen LogP contribution in [0.2, 0.25) is 5.15 Å². The summed E-state index contributed by atoms with van der Waals surface area (Å²) in [6.45, 7) is 4.33. The monoisotopic (exact) mass is 316 g/mol. The van der Waals surface area contributed by atoms with E-state index in [1.165, 1.54) is 16.4 Å². The number of fused-ring (bicyclic) bond motifs is 1. The third-order valence-corrected chi connectivity index (χ3v) is 7.25. The van der Waals surface area contributed by atoms with Crippen LogP contribution in [0, 0.1) is 6.92 Å². The summed E-state index contributed by atoms with van der Waals surface area (Å²) in [4.78, 5) is 11.5. The Morgan fingerprint density at radius 2 is 2.06 bits per heavy atom. The molecule has 2 aromatic heterocycles. The van der Waals surface area contributed by atoms with Crippen molar-refractivity contribution in [2.75, 3.05) is 11.5 Å². The van der Waals surface area contributed by atoms with E-state index in [0.29, 0.717) is 15.7 Å². The van der Waals surface area contributed by atoms with Gasteiger partial charge >= 0.3 is 0 Å². The highest BCUT2D eigenvalue weighted by Gasteiger charge is 2.27. The fourth-order valence-corrected chi connectivity index (χ4v) is 5.93. The smallest absolute Gasteiger partial charge is 0.145 e. The Labute approximate surface area is 124 Å². The van der Waals surface area contributed by atoms with Gasteiger partial charge in [-0.05, 0) is 13.0 Å². The van der Waals surface area contributed by atoms with Gasteiger partial charge in [0, 0.05) is 27.0 Å². The van der Waals surface area contributed by atoms with Crippen molar-refractivity contribution in [2.24, 2.45) is 0 Å². The molecule has 3 rings (SSSR count). The van der Waals surface area contributed by atoms with E-state index in [4.69, 9.17) is 16.6 Å². The van der Waals surface area contributed by atoms with Crippen molar-refractivity contribution in [3.05, 3.63) is 21.9 Å². The van der Waals surface area contributed by atoms with Crippen LogP contribution in [0.4, 0.5) is 0 Å². The Morgan fingerprint density at radius 1 is 1.28 bits per heavy atom. The summed E-state index contributed by atoms with van der Waals surface area (Å²) >= 11 is 11.9. The fraction of sp³-hybridized carbons (Fsp3) is 0.500. The van der Waals surface area contributed by atoms with Crippen molar-refractivity contribution >= 4 is 56.7 Å². The van der Waals surface area contributed by atoms with Crippen molar-refractivity contribution in [2.45, 2.75) is 24.3 Å². The number of rotatable bonds is 1. The van der Waals surface area contributed by atoms with E-state index < -0.39 is 0 Å². The first-order chi connectivity index (χ1) is 8.65. The van der Waals surface area contributed by atoms with E-state index in [2.05, 4.69) is 24.9 Å². The lowest BCUT2D eigenvalue weighted by atomic mass is 10.3. The highest BCUT2D eigenvalue weighted by molar-refractivity contribution is 8.06. The average molecular weight is 317 g/mol. The first kappa shape index (κ1) is 13.0. The van der Waals surface area contributed by atoms with E-state index in [1.54, 1.807) is 11.3 Å². The molecule has 1 fully saturated rings. The number of halogens is 1. The van der Waals surface area contributed by atoms with Gasteiger partial charge in [-0.25, -0.2) is 9.97 Å². The maximum absolute atomic E-state index is 6.28. The van der Waals surface area contributed by atoms with Crippen molar-refractivity contribution in [1.29, 1.82) is 0 Å². The molecule has 2 unspecified atom stereocenters. The van der Waals surface area contributed by atoms with Gasteiger partial charge in [-0.3, -0.25) is 0 Å². The van der Waals surface area contributed by atoms with Crippen molar-refractivity contribution in [3.8, 4) is 0 Å². The number of aromatic nitrogens is 2. The Balaban J connectivity index is 2.06. The first-order valence-corrected chi connectivity index (χ1v) is 9.11. The molecule has 1 saturated heterocycles. The highest BCUT2D eigenvalue weighted by Crippen LogP contribution is 2.42. The van der Waals surface area contributed by atoms with Gasteiger partial charge < -0.3 is 0 Å². The second kappa shape index (κ2) is 5.19. The molecular formula is C12H13ClN2S3. The summed E-state index contributed by atoms with van der Waals surface area (Å²) in [7, 11) is 0. The number of hydrogen-bond donors (Lipinski definition) is 0. The zero-order valence-corrected chi connectivity index (χ0v) is 13.3. The molecule has 0 aromatic carbocycles. The summed E-state index contributed by atoms with van der Waals surface area (Å²) < 4.78 is 0. The lowest BCUT2D eigenvalue weighted by Gasteiger charge is -2.26. The van der Waals surface area contributed by atoms with Gasteiger partial charge in [0.25, 0.3) is 0 Å². The molecule has 96 valence electrons. The number of thioether (sulfide) groups is 2. The van der Waals surface area contributed by atoms with Gasteiger partial charge in [0.05, 0.1) is 5.25 Å². The van der Waals surface area contributed by atoms with Crippen LogP contribution >= 0.6 is 46.5 Å². The second-order valence-corrected chi connectivity index (χ2v) is 8.64. The van der Waals surface area contributed by atoms with Crippen LogP contribution in [-0.4, -0.2) is 26.7 Å². The lowest BCUT2D eigenvalue weighted by molar-refractivity contribution is 0.834. The summed E-state index contributed by atoms with van der Waals surface area (Å²) in [5.74, 6) is 3.29. The van der Waals surface area contributed by atoms with Gasteiger partial charge in [-0.1, -0.05) is 18.5 Å². The molecule has 0 saturated carbocycles. The van der Waals surface area contributed by atoms with Crippen LogP contribution in [0.1, 0.15) is 22.9 Å². The maximum atomic E-state index is 6.28. The minimum Gasteiger partial charge on any atom is -0.221 e. The van der Waals surface area contributed by atoms with Gasteiger partial charge in [-0.2, -0.15) is 11.8 Å². The largest absolute Gasteiger partial charge is 0.221 e. The standard InChI is InChI=1S/C12H13ClN2S3/c1-6-5-8-10(13)14-11(15-12(8)18-6)9-7(2)16-3-4-17-9/h5,7,9H,3-4H2,1-2H3. The molecule has 18 heavy (non-hydrogen) atoms. The van der Waals surface area contributed by atoms with E-state index in [1.807, 2.05) is 23.5 Å². The molecule has 0 aliphatic carbocycles. The first-order valence-electron chi connectivity index (χ1n) is 5.82. The van der Waals surface area contributed by atoms with E-state index in [-0.39, 0.29) is 0 Å². The van der Waals surface area contributed by atoms with Crippen LogP contribution in [0.5, 0.6) is 0 Å². The molecule has 0 N–H and O–H groups in total. The second-order valence-electron chi connectivity index (χ2n) is 4.32. The van der Waals surface area contributed by atoms with Crippen LogP contribution < -0.4 is 0 Å². The minimum absolute atomic E-state index is 0.369. The molecule has 3 heterocycles. The zero-order valence-electron chi connectivity index (χ0n) is 10.1. The van der Waals surface area contributed by atoms with Crippen molar-refractivity contribution < 1.29 is 0 Å². The average Bonchev–Trinajstić information content (AvgIpc) is 2.71. The molecule has 2 nitrogen and oxygen atoms in total. The summed E-state index contributed by atoms with van der Waals surface area (Å²) in [5, 5.41) is 2.51. The maximum Gasteiger partial charge on any atom is 0.145 e. The van der Waals surface area contributed by atoms with Crippen molar-refractivity contribution in [1.82, 2.24) is 9.97 Å². The fourth-order valence-electron chi connectivity index (χ4n) is 2.07. The Bertz CT molecular complexity index is 584. The molecule has 1 aliphatic rings. The highest BCUT2D eigenvalue weighted by atomic mass is 35.5. The Kier molecular flexibility index (Phi) is 3.76. The SMILES string of the molecule is Cc1cc2c(Cl)nc(C3SCCSC3C)nc2s1. The van der Waals surface area contributed by atoms with Crippen LogP contribution in [0.25, 0.3) is 10.2 Å². The van der Waals surface area contributed by atoms with Crippen molar-refractivity contribution in [3.63, 3.8) is 0 Å². The molecule has 2 aromatic rings. The normalized spacial score (nSPS) is 24.6. The molecule has 0 bridgehead atoms. The Hall–Kier alpha value is 0.0300. The topological polar surface area (TPSA) is 25.8 Å². The third kappa shape index (κ3) is 2.38. The Morgan fingerprint density at radius 3 is 2.83 bits per heavy atom. The van der Waals surface area contributed by atoms with Gasteiger partial charge in [0.1, 0.15) is 15.8 Å². The predicted octanol–water partition coefficient (Wildman–Crippen LogP) is 4.56. The quantitative estimate of drug-likeness (QED) is 0.720. The molecule has 0 spiro atoms. The minimum atomic E-state index is 0.369. The number of aryl methyl sites for hydroxylation is 1. The molecule has 1 aliphatic heterocycles. The third-order valence-electron chi connectivity index (χ3n) is 2.93.